The highest BCUT2D eigenvalue weighted by Gasteiger charge is 2.18. The summed E-state index contributed by atoms with van der Waals surface area (Å²) in [5.41, 5.74) is 6.22. The van der Waals surface area contributed by atoms with E-state index in [1.807, 2.05) is 62.8 Å². The molecule has 0 aliphatic heterocycles. The first-order valence-electron chi connectivity index (χ1n) is 9.15. The van der Waals surface area contributed by atoms with E-state index in [1.165, 1.54) is 5.56 Å². The average Bonchev–Trinajstić information content (AvgIpc) is 2.67. The van der Waals surface area contributed by atoms with Crippen molar-refractivity contribution in [2.45, 2.75) is 33.2 Å². The molecule has 1 aromatic carbocycles. The number of rotatable bonds is 5. The zero-order chi connectivity index (χ0) is 19.4. The first-order chi connectivity index (χ1) is 13.0. The molecule has 0 saturated carbocycles. The van der Waals surface area contributed by atoms with E-state index < -0.39 is 0 Å². The molecule has 4 heteroatoms. The Morgan fingerprint density at radius 2 is 1.81 bits per heavy atom. The van der Waals surface area contributed by atoms with Gasteiger partial charge in [-0.05, 0) is 73.4 Å². The highest BCUT2D eigenvalue weighted by atomic mass is 16.2. The number of carbonyl (C=O) groups is 1. The second-order valence-corrected chi connectivity index (χ2v) is 7.06. The Balaban J connectivity index is 1.72. The second-order valence-electron chi connectivity index (χ2n) is 7.06. The van der Waals surface area contributed by atoms with Crippen LogP contribution in [0, 0.1) is 13.8 Å². The molecular weight excluding hydrogens is 334 g/mol. The highest BCUT2D eigenvalue weighted by Crippen LogP contribution is 2.23. The van der Waals surface area contributed by atoms with Gasteiger partial charge in [0, 0.05) is 49.4 Å². The van der Waals surface area contributed by atoms with Gasteiger partial charge in [-0.15, -0.1) is 0 Å². The molecule has 0 aliphatic rings. The highest BCUT2D eigenvalue weighted by molar-refractivity contribution is 5.94. The van der Waals surface area contributed by atoms with Gasteiger partial charge in [0.2, 0.25) is 0 Å². The van der Waals surface area contributed by atoms with Crippen molar-refractivity contribution in [2.24, 2.45) is 0 Å². The molecule has 3 aromatic rings. The van der Waals surface area contributed by atoms with Crippen molar-refractivity contribution < 1.29 is 4.79 Å². The largest absolute Gasteiger partial charge is 0.339 e. The van der Waals surface area contributed by atoms with Crippen molar-refractivity contribution in [1.82, 2.24) is 14.9 Å². The summed E-state index contributed by atoms with van der Waals surface area (Å²) in [6.45, 7) is 6.14. The van der Waals surface area contributed by atoms with Crippen LogP contribution >= 0.6 is 0 Å². The fourth-order valence-corrected chi connectivity index (χ4v) is 3.14. The van der Waals surface area contributed by atoms with E-state index in [-0.39, 0.29) is 11.9 Å². The molecule has 3 rings (SSSR count). The van der Waals surface area contributed by atoms with Crippen LogP contribution in [-0.2, 0) is 6.42 Å². The van der Waals surface area contributed by atoms with Crippen LogP contribution in [0.2, 0.25) is 0 Å². The second kappa shape index (κ2) is 8.12. The smallest absolute Gasteiger partial charge is 0.253 e. The van der Waals surface area contributed by atoms with Crippen LogP contribution in [0.25, 0.3) is 11.1 Å². The number of benzene rings is 1. The van der Waals surface area contributed by atoms with E-state index in [1.54, 1.807) is 11.1 Å². The Morgan fingerprint density at radius 3 is 2.48 bits per heavy atom. The summed E-state index contributed by atoms with van der Waals surface area (Å²) in [7, 11) is 1.85. The maximum Gasteiger partial charge on any atom is 0.253 e. The normalized spacial score (nSPS) is 11.9. The van der Waals surface area contributed by atoms with Gasteiger partial charge in [-0.3, -0.25) is 14.8 Å². The lowest BCUT2D eigenvalue weighted by Gasteiger charge is -2.25. The molecule has 0 saturated heterocycles. The summed E-state index contributed by atoms with van der Waals surface area (Å²) >= 11 is 0. The molecule has 27 heavy (non-hydrogen) atoms. The molecule has 2 aromatic heterocycles. The van der Waals surface area contributed by atoms with Gasteiger partial charge in [0.25, 0.3) is 5.91 Å². The molecule has 0 fully saturated rings. The van der Waals surface area contributed by atoms with Gasteiger partial charge in [-0.1, -0.05) is 12.1 Å². The van der Waals surface area contributed by atoms with Crippen LogP contribution in [0.5, 0.6) is 0 Å². The Kier molecular flexibility index (Phi) is 5.65. The lowest BCUT2D eigenvalue weighted by molar-refractivity contribution is 0.0743. The maximum atomic E-state index is 12.9. The Hall–Kier alpha value is -3.01. The number of hydrogen-bond donors (Lipinski definition) is 0. The standard InChI is InChI=1S/C23H25N3O/c1-16-9-12-25-21(13-16)14-18(3)26(4)23(27)20-7-5-19(6-8-20)22-10-11-24-15-17(22)2/h5-13,15,18H,14H2,1-4H3/t18-/m0/s1. The number of carbonyl (C=O) groups excluding carboxylic acids is 1. The van der Waals surface area contributed by atoms with Gasteiger partial charge in [0.1, 0.15) is 0 Å². The van der Waals surface area contributed by atoms with Crippen LogP contribution < -0.4 is 0 Å². The van der Waals surface area contributed by atoms with E-state index in [2.05, 4.69) is 29.9 Å². The molecule has 0 spiro atoms. The zero-order valence-electron chi connectivity index (χ0n) is 16.3. The Morgan fingerprint density at radius 1 is 1.07 bits per heavy atom. The molecule has 0 aliphatic carbocycles. The van der Waals surface area contributed by atoms with Crippen LogP contribution in [0.15, 0.2) is 61.1 Å². The predicted molar refractivity (Wildman–Crippen MR) is 109 cm³/mol. The topological polar surface area (TPSA) is 46.1 Å². The van der Waals surface area contributed by atoms with Crippen LogP contribution in [0.3, 0.4) is 0 Å². The predicted octanol–water partition coefficient (Wildman–Crippen LogP) is 4.46. The number of nitrogens with zero attached hydrogens (tertiary/aromatic N) is 3. The summed E-state index contributed by atoms with van der Waals surface area (Å²) in [6.07, 6.45) is 6.19. The van der Waals surface area contributed by atoms with Gasteiger partial charge in [-0.2, -0.15) is 0 Å². The van der Waals surface area contributed by atoms with Gasteiger partial charge in [0.05, 0.1) is 0 Å². The van der Waals surface area contributed by atoms with E-state index in [9.17, 15) is 4.79 Å². The number of hydrogen-bond acceptors (Lipinski definition) is 3. The summed E-state index contributed by atoms with van der Waals surface area (Å²) in [5.74, 6) is 0.0214. The fraction of sp³-hybridized carbons (Fsp3) is 0.261. The van der Waals surface area contributed by atoms with E-state index in [4.69, 9.17) is 0 Å². The number of likely N-dealkylation sites (N-methyl/N-ethyl adjacent to an activating group) is 1. The van der Waals surface area contributed by atoms with E-state index >= 15 is 0 Å². The van der Waals surface area contributed by atoms with Gasteiger partial charge < -0.3 is 4.90 Å². The number of amides is 1. The fourth-order valence-electron chi connectivity index (χ4n) is 3.14. The summed E-state index contributed by atoms with van der Waals surface area (Å²) < 4.78 is 0. The minimum Gasteiger partial charge on any atom is -0.339 e. The molecule has 138 valence electrons. The molecule has 2 heterocycles. The number of aryl methyl sites for hydroxylation is 2. The molecule has 4 nitrogen and oxygen atoms in total. The number of aromatic nitrogens is 2. The summed E-state index contributed by atoms with van der Waals surface area (Å²) in [4.78, 5) is 23.2. The lowest BCUT2D eigenvalue weighted by atomic mass is 10.0. The van der Waals surface area contributed by atoms with Crippen molar-refractivity contribution in [3.8, 4) is 11.1 Å². The van der Waals surface area contributed by atoms with Crippen molar-refractivity contribution in [1.29, 1.82) is 0 Å². The molecular formula is C23H25N3O. The SMILES string of the molecule is Cc1ccnc(C[C@H](C)N(C)C(=O)c2ccc(-c3ccncc3C)cc2)c1. The third-order valence-corrected chi connectivity index (χ3v) is 4.92. The summed E-state index contributed by atoms with van der Waals surface area (Å²) in [5, 5.41) is 0. The Labute approximate surface area is 160 Å². The van der Waals surface area contributed by atoms with Crippen molar-refractivity contribution in [2.75, 3.05) is 7.05 Å². The van der Waals surface area contributed by atoms with Crippen molar-refractivity contribution in [3.63, 3.8) is 0 Å². The quantitative estimate of drug-likeness (QED) is 0.675. The maximum absolute atomic E-state index is 12.9. The summed E-state index contributed by atoms with van der Waals surface area (Å²) in [6, 6.07) is 13.9. The number of pyridine rings is 2. The van der Waals surface area contributed by atoms with E-state index in [0.717, 1.165) is 28.8 Å². The lowest BCUT2D eigenvalue weighted by Crippen LogP contribution is -2.36. The average molecular weight is 359 g/mol. The monoisotopic (exact) mass is 359 g/mol. The van der Waals surface area contributed by atoms with Gasteiger partial charge >= 0.3 is 0 Å². The third kappa shape index (κ3) is 4.40. The van der Waals surface area contributed by atoms with E-state index in [0.29, 0.717) is 5.56 Å². The first kappa shape index (κ1) is 18.8. The molecule has 0 radical (unpaired) electrons. The van der Waals surface area contributed by atoms with Crippen molar-refractivity contribution >= 4 is 5.91 Å². The van der Waals surface area contributed by atoms with Crippen LogP contribution in [-0.4, -0.2) is 33.9 Å². The first-order valence-corrected chi connectivity index (χ1v) is 9.15. The zero-order valence-corrected chi connectivity index (χ0v) is 16.3. The molecule has 1 amide bonds. The van der Waals surface area contributed by atoms with Crippen LogP contribution in [0.1, 0.15) is 34.1 Å². The minimum absolute atomic E-state index is 0.0214. The van der Waals surface area contributed by atoms with Crippen molar-refractivity contribution in [3.05, 3.63) is 83.4 Å². The molecule has 1 atom stereocenters. The van der Waals surface area contributed by atoms with Gasteiger partial charge in [-0.25, -0.2) is 0 Å². The molecule has 0 bridgehead atoms. The van der Waals surface area contributed by atoms with Crippen LogP contribution in [0.4, 0.5) is 0 Å². The third-order valence-electron chi connectivity index (χ3n) is 4.92. The van der Waals surface area contributed by atoms with Gasteiger partial charge in [0.15, 0.2) is 0 Å². The molecule has 0 unspecified atom stereocenters. The molecule has 0 N–H and O–H groups in total. The Bertz CT molecular complexity index is 934. The minimum atomic E-state index is 0.0214.